The number of nitrogens with zero attached hydrogens (tertiary/aromatic N) is 2. The Kier molecular flexibility index (Phi) is 3.18. The summed E-state index contributed by atoms with van der Waals surface area (Å²) in [4.78, 5) is 4.29. The maximum absolute atomic E-state index is 6.49. The largest absolute Gasteiger partial charge is 0.456 e. The molecule has 0 saturated heterocycles. The van der Waals surface area contributed by atoms with Crippen LogP contribution in [0.5, 0.6) is 11.5 Å². The van der Waals surface area contributed by atoms with Crippen LogP contribution < -0.4 is 9.30 Å². The number of aryl methyl sites for hydroxylation is 2. The van der Waals surface area contributed by atoms with Gasteiger partial charge in [-0.1, -0.05) is 20.8 Å². The Labute approximate surface area is 159 Å². The quantitative estimate of drug-likeness (QED) is 0.338. The first-order chi connectivity index (χ1) is 12.8. The summed E-state index contributed by atoms with van der Waals surface area (Å²) in [6.45, 7) is 8.90. The lowest BCUT2D eigenvalue weighted by Crippen LogP contribution is -2.32. The monoisotopic (exact) mass is 355 g/mol. The molecule has 0 amide bonds. The van der Waals surface area contributed by atoms with Crippen molar-refractivity contribution in [2.24, 2.45) is 7.05 Å². The average Bonchev–Trinajstić information content (AvgIpc) is 2.63. The zero-order valence-corrected chi connectivity index (χ0v) is 16.4. The lowest BCUT2D eigenvalue weighted by molar-refractivity contribution is -0.659. The van der Waals surface area contributed by atoms with Gasteiger partial charge in [0.1, 0.15) is 18.5 Å². The summed E-state index contributed by atoms with van der Waals surface area (Å²) in [5.41, 5.74) is 4.99. The fourth-order valence-corrected chi connectivity index (χ4v) is 4.17. The summed E-state index contributed by atoms with van der Waals surface area (Å²) in [6, 6.07) is 10.9. The number of rotatable bonds is 0. The maximum Gasteiger partial charge on any atom is 0.228 e. The third-order valence-electron chi connectivity index (χ3n) is 5.69. The first-order valence-electron chi connectivity index (χ1n) is 9.37. The SMILES string of the molecule is Cc1c2c(cc3cnccc13)Oc1cc(C(C)(C)C)cc3cc[n+](C)c-2c13. The van der Waals surface area contributed by atoms with E-state index >= 15 is 0 Å². The highest BCUT2D eigenvalue weighted by Gasteiger charge is 2.31. The molecule has 0 saturated carbocycles. The lowest BCUT2D eigenvalue weighted by Gasteiger charge is -2.25. The van der Waals surface area contributed by atoms with E-state index in [1.165, 1.54) is 38.5 Å². The van der Waals surface area contributed by atoms with Crippen molar-refractivity contribution in [3.05, 3.63) is 60.0 Å². The van der Waals surface area contributed by atoms with Gasteiger partial charge in [-0.25, -0.2) is 4.57 Å². The van der Waals surface area contributed by atoms with Crippen molar-refractivity contribution < 1.29 is 9.30 Å². The number of hydrogen-bond donors (Lipinski definition) is 0. The van der Waals surface area contributed by atoms with Gasteiger partial charge in [0, 0.05) is 23.8 Å². The fourth-order valence-electron chi connectivity index (χ4n) is 4.17. The minimum atomic E-state index is 0.0652. The number of hydrogen-bond acceptors (Lipinski definition) is 2. The van der Waals surface area contributed by atoms with Crippen LogP contribution >= 0.6 is 0 Å². The van der Waals surface area contributed by atoms with Crippen molar-refractivity contribution in [1.29, 1.82) is 0 Å². The predicted octanol–water partition coefficient (Wildman–Crippen LogP) is 5.59. The molecule has 3 heteroatoms. The second-order valence-corrected chi connectivity index (χ2v) is 8.54. The van der Waals surface area contributed by atoms with Crippen molar-refractivity contribution in [1.82, 2.24) is 4.98 Å². The third kappa shape index (κ3) is 2.27. The number of aromatic nitrogens is 2. The van der Waals surface area contributed by atoms with E-state index in [1.807, 2.05) is 12.4 Å². The molecule has 1 aliphatic heterocycles. The number of fused-ring (bicyclic) bond motifs is 3. The van der Waals surface area contributed by atoms with Gasteiger partial charge in [0.15, 0.2) is 6.20 Å². The van der Waals surface area contributed by atoms with Crippen molar-refractivity contribution in [3.63, 3.8) is 0 Å². The fraction of sp³-hybridized carbons (Fsp3) is 0.250. The van der Waals surface area contributed by atoms with Crippen LogP contribution in [0.3, 0.4) is 0 Å². The van der Waals surface area contributed by atoms with Crippen molar-refractivity contribution >= 4 is 21.5 Å². The Morgan fingerprint density at radius 2 is 1.81 bits per heavy atom. The minimum absolute atomic E-state index is 0.0652. The van der Waals surface area contributed by atoms with Crippen LogP contribution in [0.1, 0.15) is 31.9 Å². The van der Waals surface area contributed by atoms with Gasteiger partial charge in [0.05, 0.1) is 10.9 Å². The molecule has 0 unspecified atom stereocenters. The molecular formula is C24H23N2O+. The summed E-state index contributed by atoms with van der Waals surface area (Å²) in [6.07, 6.45) is 5.92. The van der Waals surface area contributed by atoms with Crippen LogP contribution in [0.2, 0.25) is 0 Å². The van der Waals surface area contributed by atoms with Gasteiger partial charge in [-0.2, -0.15) is 0 Å². The Bertz CT molecular complexity index is 1250. The molecule has 27 heavy (non-hydrogen) atoms. The molecule has 3 heterocycles. The minimum Gasteiger partial charge on any atom is -0.456 e. The Morgan fingerprint density at radius 3 is 2.59 bits per heavy atom. The second-order valence-electron chi connectivity index (χ2n) is 8.54. The van der Waals surface area contributed by atoms with E-state index in [-0.39, 0.29) is 5.41 Å². The van der Waals surface area contributed by atoms with Crippen LogP contribution in [0, 0.1) is 6.92 Å². The van der Waals surface area contributed by atoms with Crippen molar-refractivity contribution in [3.8, 4) is 22.8 Å². The zero-order chi connectivity index (χ0) is 18.9. The maximum atomic E-state index is 6.49. The summed E-state index contributed by atoms with van der Waals surface area (Å²) in [5, 5.41) is 4.75. The smallest absolute Gasteiger partial charge is 0.228 e. The summed E-state index contributed by atoms with van der Waals surface area (Å²) >= 11 is 0. The zero-order valence-electron chi connectivity index (χ0n) is 16.4. The summed E-state index contributed by atoms with van der Waals surface area (Å²) < 4.78 is 8.70. The van der Waals surface area contributed by atoms with E-state index in [4.69, 9.17) is 4.74 Å². The normalized spacial score (nSPS) is 12.9. The van der Waals surface area contributed by atoms with E-state index < -0.39 is 0 Å². The molecule has 2 aromatic heterocycles. The molecule has 1 aliphatic rings. The lowest BCUT2D eigenvalue weighted by atomic mass is 9.84. The average molecular weight is 355 g/mol. The highest BCUT2D eigenvalue weighted by molar-refractivity contribution is 6.05. The molecule has 3 nitrogen and oxygen atoms in total. The first-order valence-corrected chi connectivity index (χ1v) is 9.37. The molecule has 0 spiro atoms. The Morgan fingerprint density at radius 1 is 1.00 bits per heavy atom. The molecule has 4 aromatic rings. The highest BCUT2D eigenvalue weighted by atomic mass is 16.5. The van der Waals surface area contributed by atoms with Crippen LogP contribution in [0.15, 0.2) is 48.9 Å². The number of benzene rings is 2. The van der Waals surface area contributed by atoms with Crippen molar-refractivity contribution in [2.75, 3.05) is 0 Å². The van der Waals surface area contributed by atoms with Gasteiger partial charge in [-0.3, -0.25) is 4.98 Å². The van der Waals surface area contributed by atoms with Gasteiger partial charge in [-0.15, -0.1) is 0 Å². The Balaban J connectivity index is 1.94. The van der Waals surface area contributed by atoms with E-state index in [1.54, 1.807) is 0 Å². The van der Waals surface area contributed by atoms with Crippen LogP contribution in [0.4, 0.5) is 0 Å². The van der Waals surface area contributed by atoms with Crippen LogP contribution in [-0.2, 0) is 12.5 Å². The molecule has 0 radical (unpaired) electrons. The van der Waals surface area contributed by atoms with Gasteiger partial charge < -0.3 is 4.74 Å². The van der Waals surface area contributed by atoms with Gasteiger partial charge >= 0.3 is 0 Å². The topological polar surface area (TPSA) is 26.0 Å². The second kappa shape index (κ2) is 5.29. The van der Waals surface area contributed by atoms with Gasteiger partial charge in [-0.05, 0) is 58.5 Å². The molecule has 5 rings (SSSR count). The molecule has 0 N–H and O–H groups in total. The highest BCUT2D eigenvalue weighted by Crippen LogP contribution is 2.49. The molecule has 0 atom stereocenters. The summed E-state index contributed by atoms with van der Waals surface area (Å²) in [5.74, 6) is 1.86. The van der Waals surface area contributed by atoms with Crippen molar-refractivity contribution in [2.45, 2.75) is 33.1 Å². The van der Waals surface area contributed by atoms with Gasteiger partial charge in [0.25, 0.3) is 0 Å². The van der Waals surface area contributed by atoms with E-state index in [2.05, 4.69) is 80.8 Å². The van der Waals surface area contributed by atoms with E-state index in [0.29, 0.717) is 0 Å². The van der Waals surface area contributed by atoms with Crippen LogP contribution in [0.25, 0.3) is 32.8 Å². The molecule has 0 fully saturated rings. The molecule has 0 aliphatic carbocycles. The number of pyridine rings is 2. The van der Waals surface area contributed by atoms with E-state index in [9.17, 15) is 0 Å². The molecular weight excluding hydrogens is 332 g/mol. The third-order valence-corrected chi connectivity index (χ3v) is 5.69. The molecule has 0 bridgehead atoms. The molecule has 2 aromatic carbocycles. The van der Waals surface area contributed by atoms with Gasteiger partial charge in [0.2, 0.25) is 5.69 Å². The first kappa shape index (κ1) is 16.2. The number of ether oxygens (including phenoxy) is 1. The predicted molar refractivity (Wildman–Crippen MR) is 109 cm³/mol. The standard InChI is InChI=1S/C24H23N2O/c1-14-18-6-8-25-13-16(18)11-19-21(14)23-22-15(7-9-26(23)5)10-17(24(2,3)4)12-20(22)27-19/h6-13H,1-5H3/q+1. The van der Waals surface area contributed by atoms with Crippen LogP contribution in [-0.4, -0.2) is 4.98 Å². The van der Waals surface area contributed by atoms with E-state index in [0.717, 1.165) is 16.9 Å². The summed E-state index contributed by atoms with van der Waals surface area (Å²) in [7, 11) is 2.11. The molecule has 134 valence electrons. The Hall–Kier alpha value is -2.94.